The molecule has 1 saturated heterocycles. The van der Waals surface area contributed by atoms with E-state index in [1.165, 1.54) is 0 Å². The van der Waals surface area contributed by atoms with Gasteiger partial charge in [-0.1, -0.05) is 30.3 Å². The van der Waals surface area contributed by atoms with Gasteiger partial charge in [-0.25, -0.2) is 4.79 Å². The van der Waals surface area contributed by atoms with Gasteiger partial charge in [-0.05, 0) is 43.4 Å². The second-order valence-corrected chi connectivity index (χ2v) is 15.9. The molecular weight excluding hydrogens is 941 g/mol. The average Bonchev–Trinajstić information content (AvgIpc) is 3.33. The number of aliphatic imine (C=N–C) groups is 1. The summed E-state index contributed by atoms with van der Waals surface area (Å²) < 4.78 is 32.7. The van der Waals surface area contributed by atoms with E-state index in [0.717, 1.165) is 0 Å². The van der Waals surface area contributed by atoms with Gasteiger partial charge in [0.25, 0.3) is 0 Å². The van der Waals surface area contributed by atoms with Gasteiger partial charge in [0.05, 0.1) is 92.2 Å². The molecule has 4 atom stereocenters. The SMILES string of the molecule is NC(N)=NCCC[C@@H]1NC(=O)CNC(=O)C[C@@H](C(=O)O)NC(=O)[C@@H](c2ccccc2)NC(=O)[C@@H](CCCCNC(=O)CCOCCOCCOCCOCCOCCOCCNC(=O)CCS)NC1=O. The van der Waals surface area contributed by atoms with E-state index in [9.17, 15) is 43.5 Å². The molecular formula is C44H72N10O15S. The van der Waals surface area contributed by atoms with Crippen molar-refractivity contribution in [1.82, 2.24) is 37.2 Å². The molecule has 70 heavy (non-hydrogen) atoms. The predicted molar refractivity (Wildman–Crippen MR) is 256 cm³/mol. The predicted octanol–water partition coefficient (Wildman–Crippen LogP) is -2.83. The maximum atomic E-state index is 14.0. The maximum absolute atomic E-state index is 14.0. The van der Waals surface area contributed by atoms with Crippen LogP contribution >= 0.6 is 12.6 Å². The van der Waals surface area contributed by atoms with E-state index in [0.29, 0.717) is 103 Å². The minimum Gasteiger partial charge on any atom is -0.480 e. The Morgan fingerprint density at radius 1 is 0.629 bits per heavy atom. The zero-order chi connectivity index (χ0) is 51.2. The number of carbonyl (C=O) groups is 8. The lowest BCUT2D eigenvalue weighted by Gasteiger charge is -2.27. The molecule has 7 amide bonds. The summed E-state index contributed by atoms with van der Waals surface area (Å²) in [6.07, 6.45) is 0.750. The molecule has 0 spiro atoms. The van der Waals surface area contributed by atoms with Gasteiger partial charge in [-0.2, -0.15) is 12.6 Å². The van der Waals surface area contributed by atoms with Crippen LogP contribution in [0.5, 0.6) is 0 Å². The minimum atomic E-state index is -1.71. The van der Waals surface area contributed by atoms with Gasteiger partial charge in [-0.3, -0.25) is 38.6 Å². The first-order chi connectivity index (χ1) is 33.8. The summed E-state index contributed by atoms with van der Waals surface area (Å²) in [6.45, 7) is 4.53. The zero-order valence-electron chi connectivity index (χ0n) is 39.6. The molecule has 1 fully saturated rings. The first-order valence-corrected chi connectivity index (χ1v) is 23.8. The summed E-state index contributed by atoms with van der Waals surface area (Å²) in [6, 6.07) is 2.37. The Bertz CT molecular complexity index is 1760. The standard InChI is InChI=1S/C44H72N10O15S/c45-44(46)49-14-6-10-32-40(59)52-33(41(60)54-39(31-7-2-1-3-8-31)42(61)53-34(43(62)63)29-37(57)50-30-38(58)51-32)9-4-5-13-47-35(55)11-16-64-18-20-66-22-24-68-26-27-69-25-23-67-21-19-65-17-15-48-36(56)12-28-70/h1-3,7-8,32-34,39,70H,4-6,9-30H2,(H,47,55)(H,48,56)(H,50,57)(H,51,58)(H,52,59)(H,53,61)(H,54,60)(H,62,63)(H4,45,46,49)/t32-,33+,34-,39+/m0/s1. The first kappa shape index (κ1) is 60.5. The second-order valence-electron chi connectivity index (χ2n) is 15.5. The molecule has 12 N–H and O–H groups in total. The molecule has 2 rings (SSSR count). The number of nitrogens with two attached hydrogens (primary N) is 2. The summed E-state index contributed by atoms with van der Waals surface area (Å²) >= 11 is 4.01. The van der Waals surface area contributed by atoms with Crippen molar-refractivity contribution >= 4 is 65.9 Å². The molecule has 0 aromatic heterocycles. The number of benzene rings is 1. The summed E-state index contributed by atoms with van der Waals surface area (Å²) in [5.74, 6) is -5.63. The lowest BCUT2D eigenvalue weighted by Crippen LogP contribution is -2.57. The summed E-state index contributed by atoms with van der Waals surface area (Å²) in [5, 5.41) is 27.7. The molecule has 1 aliphatic rings. The molecule has 1 aromatic carbocycles. The highest BCUT2D eigenvalue weighted by atomic mass is 32.1. The highest BCUT2D eigenvalue weighted by Gasteiger charge is 2.33. The molecule has 0 saturated carbocycles. The van der Waals surface area contributed by atoms with Gasteiger partial charge in [0, 0.05) is 32.5 Å². The number of ether oxygens (including phenoxy) is 6. The van der Waals surface area contributed by atoms with Gasteiger partial charge < -0.3 is 82.2 Å². The normalized spacial score (nSPS) is 18.1. The number of carboxylic acids is 1. The topological polar surface area (TPSA) is 361 Å². The van der Waals surface area contributed by atoms with Crippen molar-refractivity contribution in [3.8, 4) is 0 Å². The van der Waals surface area contributed by atoms with Crippen LogP contribution in [0.4, 0.5) is 0 Å². The van der Waals surface area contributed by atoms with Crippen LogP contribution in [0, 0.1) is 0 Å². The molecule has 0 bridgehead atoms. The lowest BCUT2D eigenvalue weighted by molar-refractivity contribution is -0.144. The fraction of sp³-hybridized carbons (Fsp3) is 0.659. The number of nitrogens with one attached hydrogen (secondary N) is 7. The van der Waals surface area contributed by atoms with Crippen molar-refractivity contribution in [3.63, 3.8) is 0 Å². The lowest BCUT2D eigenvalue weighted by atomic mass is 10.0. The number of carboxylic acid groups (broad SMARTS) is 1. The number of nitrogens with zero attached hydrogens (tertiary/aromatic N) is 1. The molecule has 394 valence electrons. The van der Waals surface area contributed by atoms with E-state index in [4.69, 9.17) is 39.9 Å². The van der Waals surface area contributed by atoms with E-state index in [2.05, 4.69) is 54.8 Å². The molecule has 1 heterocycles. The number of unbranched alkanes of at least 4 members (excludes halogenated alkanes) is 1. The van der Waals surface area contributed by atoms with E-state index in [1.807, 2.05) is 0 Å². The minimum absolute atomic E-state index is 0.0298. The number of amides is 7. The number of hydrogen-bond donors (Lipinski definition) is 11. The molecule has 26 heteroatoms. The smallest absolute Gasteiger partial charge is 0.326 e. The van der Waals surface area contributed by atoms with E-state index in [1.54, 1.807) is 30.3 Å². The van der Waals surface area contributed by atoms with Crippen LogP contribution in [0.1, 0.15) is 63.0 Å². The highest BCUT2D eigenvalue weighted by Crippen LogP contribution is 2.15. The van der Waals surface area contributed by atoms with Crippen LogP contribution in [0.25, 0.3) is 0 Å². The Kier molecular flexibility index (Phi) is 33.0. The summed E-state index contributed by atoms with van der Waals surface area (Å²) in [7, 11) is 0. The van der Waals surface area contributed by atoms with Gasteiger partial charge in [-0.15, -0.1) is 0 Å². The number of rotatable bonds is 34. The van der Waals surface area contributed by atoms with Crippen LogP contribution < -0.4 is 48.7 Å². The number of guanidine groups is 1. The molecule has 0 unspecified atom stereocenters. The quantitative estimate of drug-likeness (QED) is 0.0143. The van der Waals surface area contributed by atoms with E-state index < -0.39 is 72.6 Å². The third-order valence-electron chi connectivity index (χ3n) is 9.84. The van der Waals surface area contributed by atoms with Crippen LogP contribution in [-0.2, 0) is 66.8 Å². The summed E-state index contributed by atoms with van der Waals surface area (Å²) in [5.41, 5.74) is 11.1. The van der Waals surface area contributed by atoms with Crippen molar-refractivity contribution in [2.75, 3.05) is 111 Å². The second kappa shape index (κ2) is 38.2. The van der Waals surface area contributed by atoms with Crippen LogP contribution in [0.3, 0.4) is 0 Å². The van der Waals surface area contributed by atoms with E-state index >= 15 is 0 Å². The Labute approximate surface area is 413 Å². The van der Waals surface area contributed by atoms with Crippen molar-refractivity contribution < 1.29 is 71.9 Å². The Morgan fingerprint density at radius 3 is 1.74 bits per heavy atom. The largest absolute Gasteiger partial charge is 0.480 e. The Morgan fingerprint density at radius 2 is 1.16 bits per heavy atom. The van der Waals surface area contributed by atoms with Crippen molar-refractivity contribution in [3.05, 3.63) is 35.9 Å². The monoisotopic (exact) mass is 1010 g/mol. The first-order valence-electron chi connectivity index (χ1n) is 23.2. The number of carbonyl (C=O) groups excluding carboxylic acids is 7. The van der Waals surface area contributed by atoms with E-state index in [-0.39, 0.29) is 69.8 Å². The van der Waals surface area contributed by atoms with Gasteiger partial charge in [0.2, 0.25) is 41.4 Å². The van der Waals surface area contributed by atoms with Gasteiger partial charge in [0.1, 0.15) is 24.2 Å². The molecule has 0 radical (unpaired) electrons. The van der Waals surface area contributed by atoms with Crippen molar-refractivity contribution in [1.29, 1.82) is 0 Å². The highest BCUT2D eigenvalue weighted by molar-refractivity contribution is 7.80. The number of thiol groups is 1. The zero-order valence-corrected chi connectivity index (χ0v) is 40.5. The summed E-state index contributed by atoms with van der Waals surface area (Å²) in [4.78, 5) is 107. The molecule has 25 nitrogen and oxygen atoms in total. The molecule has 0 aliphatic carbocycles. The number of aliphatic carboxylic acids is 1. The molecule has 1 aliphatic heterocycles. The Balaban J connectivity index is 1.77. The van der Waals surface area contributed by atoms with Crippen molar-refractivity contribution in [2.45, 2.75) is 75.5 Å². The Hall–Kier alpha value is -5.64. The number of hydrogen-bond acceptors (Lipinski definition) is 16. The van der Waals surface area contributed by atoms with Crippen LogP contribution in [0.15, 0.2) is 35.3 Å². The average molecular weight is 1010 g/mol. The molecule has 1 aromatic rings. The third kappa shape index (κ3) is 29.4. The van der Waals surface area contributed by atoms with Crippen molar-refractivity contribution in [2.24, 2.45) is 16.5 Å². The fourth-order valence-electron chi connectivity index (χ4n) is 6.25. The van der Waals surface area contributed by atoms with Crippen LogP contribution in [0.2, 0.25) is 0 Å². The van der Waals surface area contributed by atoms with Gasteiger partial charge >= 0.3 is 5.97 Å². The fourth-order valence-corrected chi connectivity index (χ4v) is 6.45. The maximum Gasteiger partial charge on any atom is 0.326 e. The van der Waals surface area contributed by atoms with Crippen LogP contribution in [-0.4, -0.2) is 188 Å². The van der Waals surface area contributed by atoms with Gasteiger partial charge in [0.15, 0.2) is 5.96 Å². The third-order valence-corrected chi connectivity index (χ3v) is 10.1.